The highest BCUT2D eigenvalue weighted by Crippen LogP contribution is 2.30. The van der Waals surface area contributed by atoms with E-state index in [-0.39, 0.29) is 11.8 Å². The zero-order chi connectivity index (χ0) is 14.7. The lowest BCUT2D eigenvalue weighted by Gasteiger charge is -2.30. The molecular formula is C12H18N4O2S2. The lowest BCUT2D eigenvalue weighted by Crippen LogP contribution is -2.46. The molecule has 1 atom stereocenters. The van der Waals surface area contributed by atoms with Gasteiger partial charge in [0.15, 0.2) is 5.13 Å². The number of piperidine rings is 1. The fraction of sp³-hybridized carbons (Fsp3) is 0.583. The lowest BCUT2D eigenvalue weighted by molar-refractivity contribution is -0.121. The second kappa shape index (κ2) is 6.45. The first kappa shape index (κ1) is 15.1. The molecule has 20 heavy (non-hydrogen) atoms. The van der Waals surface area contributed by atoms with E-state index >= 15 is 0 Å². The predicted octanol–water partition coefficient (Wildman–Crippen LogP) is 1.90. The topological polar surface area (TPSA) is 88.3 Å². The number of aromatic nitrogens is 1. The van der Waals surface area contributed by atoms with Crippen LogP contribution in [0.3, 0.4) is 0 Å². The lowest BCUT2D eigenvalue weighted by atomic mass is 9.97. The number of hydrogen-bond donors (Lipinski definition) is 2. The van der Waals surface area contributed by atoms with Crippen LogP contribution in [-0.2, 0) is 4.79 Å². The van der Waals surface area contributed by atoms with E-state index < -0.39 is 6.03 Å². The van der Waals surface area contributed by atoms with Crippen molar-refractivity contribution >= 4 is 40.2 Å². The van der Waals surface area contributed by atoms with Crippen LogP contribution in [0.5, 0.6) is 0 Å². The Kier molecular flexibility index (Phi) is 4.87. The van der Waals surface area contributed by atoms with Crippen LogP contribution in [0, 0.1) is 12.8 Å². The highest BCUT2D eigenvalue weighted by atomic mass is 32.2. The van der Waals surface area contributed by atoms with Gasteiger partial charge in [0, 0.05) is 13.1 Å². The molecule has 0 aliphatic carbocycles. The van der Waals surface area contributed by atoms with Crippen molar-refractivity contribution in [1.82, 2.24) is 9.88 Å². The summed E-state index contributed by atoms with van der Waals surface area (Å²) in [5.41, 5.74) is 6.20. The van der Waals surface area contributed by atoms with Crippen LogP contribution in [0.4, 0.5) is 9.93 Å². The molecule has 2 heterocycles. The summed E-state index contributed by atoms with van der Waals surface area (Å²) in [6.45, 7) is 2.94. The van der Waals surface area contributed by atoms with Crippen molar-refractivity contribution in [2.45, 2.75) is 24.0 Å². The largest absolute Gasteiger partial charge is 0.351 e. The molecule has 8 heteroatoms. The smallest absolute Gasteiger partial charge is 0.314 e. The molecule has 110 valence electrons. The highest BCUT2D eigenvalue weighted by Gasteiger charge is 2.28. The first-order chi connectivity index (χ1) is 9.51. The molecular weight excluding hydrogens is 296 g/mol. The molecule has 0 bridgehead atoms. The molecule has 1 aromatic heterocycles. The van der Waals surface area contributed by atoms with E-state index in [4.69, 9.17) is 5.73 Å². The summed E-state index contributed by atoms with van der Waals surface area (Å²) in [5, 5.41) is 3.46. The van der Waals surface area contributed by atoms with E-state index in [1.54, 1.807) is 11.8 Å². The van der Waals surface area contributed by atoms with Crippen molar-refractivity contribution in [3.05, 3.63) is 5.69 Å². The standard InChI is InChI=1S/C12H18N4O2S2/c1-7-10(19-2)20-12(14-7)15-9(17)8-4-3-5-16(6-8)11(13)18/h8H,3-6H2,1-2H3,(H2,13,18)(H,14,15,17)/t8-/m0/s1. The normalized spacial score (nSPS) is 18.9. The van der Waals surface area contributed by atoms with Crippen molar-refractivity contribution in [1.29, 1.82) is 0 Å². The van der Waals surface area contributed by atoms with E-state index in [1.807, 2.05) is 13.2 Å². The fourth-order valence-electron chi connectivity index (χ4n) is 2.22. The number of nitrogens with zero attached hydrogens (tertiary/aromatic N) is 2. The summed E-state index contributed by atoms with van der Waals surface area (Å²) in [5.74, 6) is -0.296. The zero-order valence-electron chi connectivity index (χ0n) is 11.5. The van der Waals surface area contributed by atoms with Crippen LogP contribution in [0.2, 0.25) is 0 Å². The van der Waals surface area contributed by atoms with Gasteiger partial charge in [-0.15, -0.1) is 11.8 Å². The number of amides is 3. The van der Waals surface area contributed by atoms with Crippen LogP contribution in [0.25, 0.3) is 0 Å². The number of anilines is 1. The Labute approximate surface area is 126 Å². The number of thioether (sulfide) groups is 1. The second-order valence-corrected chi connectivity index (χ2v) is 6.78. The number of hydrogen-bond acceptors (Lipinski definition) is 5. The molecule has 3 amide bonds. The maximum absolute atomic E-state index is 12.2. The number of carbonyl (C=O) groups is 2. The minimum atomic E-state index is -0.461. The van der Waals surface area contributed by atoms with Gasteiger partial charge in [-0.1, -0.05) is 11.3 Å². The second-order valence-electron chi connectivity index (χ2n) is 4.71. The Bertz CT molecular complexity index is 518. The molecule has 0 unspecified atom stereocenters. The third kappa shape index (κ3) is 3.43. The number of nitrogens with two attached hydrogens (primary N) is 1. The number of primary amides is 1. The van der Waals surface area contributed by atoms with Gasteiger partial charge in [-0.05, 0) is 26.0 Å². The predicted molar refractivity (Wildman–Crippen MR) is 81.1 cm³/mol. The highest BCUT2D eigenvalue weighted by molar-refractivity contribution is 8.00. The number of urea groups is 1. The summed E-state index contributed by atoms with van der Waals surface area (Å²) in [7, 11) is 0. The van der Waals surface area contributed by atoms with Crippen LogP contribution in [0.1, 0.15) is 18.5 Å². The Morgan fingerprint density at radius 3 is 2.90 bits per heavy atom. The van der Waals surface area contributed by atoms with Gasteiger partial charge >= 0.3 is 6.03 Å². The first-order valence-corrected chi connectivity index (χ1v) is 8.42. The van der Waals surface area contributed by atoms with Crippen LogP contribution < -0.4 is 11.1 Å². The Hall–Kier alpha value is -1.28. The quantitative estimate of drug-likeness (QED) is 0.834. The zero-order valence-corrected chi connectivity index (χ0v) is 13.1. The summed E-state index contributed by atoms with van der Waals surface area (Å²) >= 11 is 3.09. The molecule has 3 N–H and O–H groups in total. The van der Waals surface area contributed by atoms with Crippen molar-refractivity contribution in [2.24, 2.45) is 11.7 Å². The van der Waals surface area contributed by atoms with Crippen LogP contribution in [-0.4, -0.2) is 41.2 Å². The minimum Gasteiger partial charge on any atom is -0.351 e. The van der Waals surface area contributed by atoms with Gasteiger partial charge in [0.1, 0.15) is 0 Å². The fourth-order valence-corrected chi connectivity index (χ4v) is 3.84. The molecule has 1 aliphatic heterocycles. The van der Waals surface area contributed by atoms with Gasteiger partial charge < -0.3 is 16.0 Å². The minimum absolute atomic E-state index is 0.0858. The van der Waals surface area contributed by atoms with E-state index in [1.165, 1.54) is 16.2 Å². The molecule has 6 nitrogen and oxygen atoms in total. The average molecular weight is 314 g/mol. The SMILES string of the molecule is CSc1sc(NC(=O)[C@H]2CCCN(C(N)=O)C2)nc1C. The molecule has 2 rings (SSSR count). The van der Waals surface area contributed by atoms with Gasteiger partial charge in [-0.2, -0.15) is 0 Å². The van der Waals surface area contributed by atoms with E-state index in [9.17, 15) is 9.59 Å². The monoisotopic (exact) mass is 314 g/mol. The molecule has 0 aromatic carbocycles. The molecule has 0 spiro atoms. The van der Waals surface area contributed by atoms with Gasteiger partial charge in [0.25, 0.3) is 0 Å². The maximum atomic E-state index is 12.2. The number of likely N-dealkylation sites (tertiary alicyclic amines) is 1. The Morgan fingerprint density at radius 1 is 1.55 bits per heavy atom. The summed E-state index contributed by atoms with van der Waals surface area (Å²) in [4.78, 5) is 29.2. The van der Waals surface area contributed by atoms with Crippen molar-refractivity contribution in [3.8, 4) is 0 Å². The number of thiazole rings is 1. The van der Waals surface area contributed by atoms with Crippen LogP contribution >= 0.6 is 23.1 Å². The summed E-state index contributed by atoms with van der Waals surface area (Å²) in [6.07, 6.45) is 3.56. The van der Waals surface area contributed by atoms with Gasteiger partial charge in [0.05, 0.1) is 15.8 Å². The molecule has 0 radical (unpaired) electrons. The van der Waals surface area contributed by atoms with Crippen LogP contribution in [0.15, 0.2) is 4.21 Å². The molecule has 1 saturated heterocycles. The number of rotatable bonds is 3. The van der Waals surface area contributed by atoms with Gasteiger partial charge in [-0.3, -0.25) is 4.79 Å². The average Bonchev–Trinajstić information content (AvgIpc) is 2.78. The molecule has 1 aliphatic rings. The third-order valence-electron chi connectivity index (χ3n) is 3.27. The van der Waals surface area contributed by atoms with Crippen molar-refractivity contribution in [3.63, 3.8) is 0 Å². The van der Waals surface area contributed by atoms with E-state index in [0.29, 0.717) is 18.2 Å². The summed E-state index contributed by atoms with van der Waals surface area (Å²) < 4.78 is 1.10. The van der Waals surface area contributed by atoms with Crippen molar-refractivity contribution in [2.75, 3.05) is 24.7 Å². The molecule has 0 saturated carbocycles. The maximum Gasteiger partial charge on any atom is 0.314 e. The van der Waals surface area contributed by atoms with Crippen molar-refractivity contribution < 1.29 is 9.59 Å². The summed E-state index contributed by atoms with van der Waals surface area (Å²) in [6, 6.07) is -0.461. The Balaban J connectivity index is 1.98. The molecule has 1 aromatic rings. The number of aryl methyl sites for hydroxylation is 1. The first-order valence-electron chi connectivity index (χ1n) is 6.38. The van der Waals surface area contributed by atoms with Gasteiger partial charge in [-0.25, -0.2) is 9.78 Å². The number of carbonyl (C=O) groups excluding carboxylic acids is 2. The van der Waals surface area contributed by atoms with E-state index in [2.05, 4.69) is 10.3 Å². The Morgan fingerprint density at radius 2 is 2.30 bits per heavy atom. The third-order valence-corrected chi connectivity index (χ3v) is 5.56. The number of nitrogens with one attached hydrogen (secondary N) is 1. The molecule has 1 fully saturated rings. The van der Waals surface area contributed by atoms with E-state index in [0.717, 1.165) is 22.7 Å². The van der Waals surface area contributed by atoms with Gasteiger partial charge in [0.2, 0.25) is 5.91 Å².